The number of nitrogens with zero attached hydrogens (tertiary/aromatic N) is 2. The van der Waals surface area contributed by atoms with Crippen LogP contribution in [-0.4, -0.2) is 29.8 Å². The lowest BCUT2D eigenvalue weighted by Crippen LogP contribution is -2.33. The average molecular weight is 192 g/mol. The molecule has 4 nitrogen and oxygen atoms in total. The summed E-state index contributed by atoms with van der Waals surface area (Å²) in [5, 5.41) is 14.5. The van der Waals surface area contributed by atoms with Crippen molar-refractivity contribution in [2.45, 2.75) is 12.8 Å². The molecule has 0 radical (unpaired) electrons. The van der Waals surface area contributed by atoms with Gasteiger partial charge in [0.1, 0.15) is 5.82 Å². The first-order chi connectivity index (χ1) is 6.95. The van der Waals surface area contributed by atoms with Crippen molar-refractivity contribution in [3.63, 3.8) is 0 Å². The van der Waals surface area contributed by atoms with Crippen molar-refractivity contribution in [3.05, 3.63) is 18.3 Å². The first kappa shape index (κ1) is 9.40. The minimum absolute atomic E-state index is 0.728. The number of hydrogen-bond donors (Lipinski definition) is 2. The van der Waals surface area contributed by atoms with Gasteiger partial charge in [-0.15, -0.1) is 5.10 Å². The van der Waals surface area contributed by atoms with Crippen LogP contribution >= 0.6 is 0 Å². The van der Waals surface area contributed by atoms with Crippen LogP contribution in [-0.2, 0) is 0 Å². The summed E-state index contributed by atoms with van der Waals surface area (Å²) in [7, 11) is 0. The smallest absolute Gasteiger partial charge is 0.148 e. The van der Waals surface area contributed by atoms with E-state index in [-0.39, 0.29) is 0 Å². The lowest BCUT2D eigenvalue weighted by atomic mass is 10.00. The number of aromatic nitrogens is 2. The Bertz CT molecular complexity index is 256. The molecule has 0 bridgehead atoms. The van der Waals surface area contributed by atoms with Crippen molar-refractivity contribution in [3.8, 4) is 0 Å². The molecule has 0 aromatic carbocycles. The van der Waals surface area contributed by atoms with Crippen LogP contribution < -0.4 is 10.6 Å². The first-order valence-corrected chi connectivity index (χ1v) is 5.17. The molecule has 1 aliphatic heterocycles. The number of piperidine rings is 1. The third kappa shape index (κ3) is 2.67. The number of rotatable bonds is 3. The standard InChI is InChI=1S/C10H16N4/c1-3-9(7-11-5-1)8-12-10-4-2-6-13-14-10/h2,4,6,9,11H,1,3,5,7-8H2,(H,12,14). The molecular weight excluding hydrogens is 176 g/mol. The Morgan fingerprint density at radius 3 is 3.29 bits per heavy atom. The molecule has 76 valence electrons. The Kier molecular flexibility index (Phi) is 3.29. The molecule has 1 unspecified atom stereocenters. The van der Waals surface area contributed by atoms with Gasteiger partial charge in [-0.2, -0.15) is 5.10 Å². The molecule has 14 heavy (non-hydrogen) atoms. The summed E-state index contributed by atoms with van der Waals surface area (Å²) < 4.78 is 0. The lowest BCUT2D eigenvalue weighted by Gasteiger charge is -2.22. The fourth-order valence-electron chi connectivity index (χ4n) is 1.74. The maximum absolute atomic E-state index is 3.98. The van der Waals surface area contributed by atoms with E-state index in [1.54, 1.807) is 6.20 Å². The van der Waals surface area contributed by atoms with Crippen molar-refractivity contribution in [1.29, 1.82) is 0 Å². The van der Waals surface area contributed by atoms with E-state index >= 15 is 0 Å². The predicted molar refractivity (Wildman–Crippen MR) is 56.1 cm³/mol. The highest BCUT2D eigenvalue weighted by Crippen LogP contribution is 2.10. The second kappa shape index (κ2) is 4.91. The van der Waals surface area contributed by atoms with Gasteiger partial charge in [0.2, 0.25) is 0 Å². The van der Waals surface area contributed by atoms with Crippen molar-refractivity contribution in [1.82, 2.24) is 15.5 Å². The van der Waals surface area contributed by atoms with E-state index in [1.165, 1.54) is 19.4 Å². The van der Waals surface area contributed by atoms with Crippen LogP contribution in [0.3, 0.4) is 0 Å². The van der Waals surface area contributed by atoms with Crippen LogP contribution in [0.2, 0.25) is 0 Å². The van der Waals surface area contributed by atoms with Gasteiger partial charge >= 0.3 is 0 Å². The maximum Gasteiger partial charge on any atom is 0.148 e. The zero-order chi connectivity index (χ0) is 9.64. The van der Waals surface area contributed by atoms with Gasteiger partial charge < -0.3 is 10.6 Å². The van der Waals surface area contributed by atoms with E-state index in [2.05, 4.69) is 20.8 Å². The van der Waals surface area contributed by atoms with Gasteiger partial charge in [-0.25, -0.2) is 0 Å². The third-order valence-electron chi connectivity index (χ3n) is 2.54. The van der Waals surface area contributed by atoms with Crippen LogP contribution in [0.4, 0.5) is 5.82 Å². The predicted octanol–water partition coefficient (Wildman–Crippen LogP) is 0.888. The van der Waals surface area contributed by atoms with Gasteiger partial charge in [0.05, 0.1) is 0 Å². The van der Waals surface area contributed by atoms with Crippen molar-refractivity contribution < 1.29 is 0 Å². The molecule has 1 saturated heterocycles. The van der Waals surface area contributed by atoms with Gasteiger partial charge in [0.15, 0.2) is 0 Å². The highest BCUT2D eigenvalue weighted by Gasteiger charge is 2.12. The largest absolute Gasteiger partial charge is 0.368 e. The lowest BCUT2D eigenvalue weighted by molar-refractivity contribution is 0.392. The first-order valence-electron chi connectivity index (χ1n) is 5.17. The van der Waals surface area contributed by atoms with Gasteiger partial charge in [-0.3, -0.25) is 0 Å². The Balaban J connectivity index is 1.76. The van der Waals surface area contributed by atoms with Crippen LogP contribution in [0.25, 0.3) is 0 Å². The van der Waals surface area contributed by atoms with Crippen LogP contribution in [0.15, 0.2) is 18.3 Å². The molecule has 0 amide bonds. The molecule has 1 fully saturated rings. The number of anilines is 1. The Morgan fingerprint density at radius 1 is 1.57 bits per heavy atom. The van der Waals surface area contributed by atoms with E-state index in [0.29, 0.717) is 0 Å². The number of hydrogen-bond acceptors (Lipinski definition) is 4. The molecule has 4 heteroatoms. The SMILES string of the molecule is c1cnnc(NCC2CCCNC2)c1. The zero-order valence-corrected chi connectivity index (χ0v) is 8.24. The number of nitrogens with one attached hydrogen (secondary N) is 2. The summed E-state index contributed by atoms with van der Waals surface area (Å²) >= 11 is 0. The summed E-state index contributed by atoms with van der Waals surface area (Å²) in [6.07, 6.45) is 4.28. The molecule has 2 heterocycles. The molecule has 1 aromatic rings. The minimum Gasteiger partial charge on any atom is -0.368 e. The molecule has 2 N–H and O–H groups in total. The van der Waals surface area contributed by atoms with Crippen molar-refractivity contribution >= 4 is 5.82 Å². The van der Waals surface area contributed by atoms with Crippen LogP contribution in [0.5, 0.6) is 0 Å². The topological polar surface area (TPSA) is 49.8 Å². The monoisotopic (exact) mass is 192 g/mol. The van der Waals surface area contributed by atoms with E-state index < -0.39 is 0 Å². The minimum atomic E-state index is 0.728. The van der Waals surface area contributed by atoms with Gasteiger partial charge in [0.25, 0.3) is 0 Å². The van der Waals surface area contributed by atoms with Crippen molar-refractivity contribution in [2.24, 2.45) is 5.92 Å². The van der Waals surface area contributed by atoms with Gasteiger partial charge in [-0.05, 0) is 44.0 Å². The fraction of sp³-hybridized carbons (Fsp3) is 0.600. The quantitative estimate of drug-likeness (QED) is 0.746. The molecule has 0 spiro atoms. The van der Waals surface area contributed by atoms with Gasteiger partial charge in [-0.1, -0.05) is 0 Å². The third-order valence-corrected chi connectivity index (χ3v) is 2.54. The summed E-state index contributed by atoms with van der Waals surface area (Å²) in [4.78, 5) is 0. The molecule has 1 atom stereocenters. The Morgan fingerprint density at radius 2 is 2.57 bits per heavy atom. The van der Waals surface area contributed by atoms with Crippen molar-refractivity contribution in [2.75, 3.05) is 25.0 Å². The molecule has 1 aromatic heterocycles. The Labute approximate surface area is 84.1 Å². The zero-order valence-electron chi connectivity index (χ0n) is 8.24. The van der Waals surface area contributed by atoms with Gasteiger partial charge in [0, 0.05) is 12.7 Å². The van der Waals surface area contributed by atoms with E-state index in [4.69, 9.17) is 0 Å². The second-order valence-electron chi connectivity index (χ2n) is 3.70. The summed E-state index contributed by atoms with van der Waals surface area (Å²) in [5.74, 6) is 1.60. The highest BCUT2D eigenvalue weighted by molar-refractivity contribution is 5.31. The van der Waals surface area contributed by atoms with Crippen LogP contribution in [0.1, 0.15) is 12.8 Å². The van der Waals surface area contributed by atoms with E-state index in [0.717, 1.165) is 24.8 Å². The second-order valence-corrected chi connectivity index (χ2v) is 3.70. The maximum atomic E-state index is 3.98. The van der Waals surface area contributed by atoms with E-state index in [1.807, 2.05) is 12.1 Å². The average Bonchev–Trinajstić information content (AvgIpc) is 2.29. The molecule has 0 saturated carbocycles. The highest BCUT2D eigenvalue weighted by atomic mass is 15.2. The fourth-order valence-corrected chi connectivity index (χ4v) is 1.74. The normalized spacial score (nSPS) is 21.9. The summed E-state index contributed by atoms with van der Waals surface area (Å²) in [6.45, 7) is 3.28. The molecule has 2 rings (SSSR count). The van der Waals surface area contributed by atoms with E-state index in [9.17, 15) is 0 Å². The van der Waals surface area contributed by atoms with Crippen LogP contribution in [0, 0.1) is 5.92 Å². The molecular formula is C10H16N4. The summed E-state index contributed by atoms with van der Waals surface area (Å²) in [5.41, 5.74) is 0. The Hall–Kier alpha value is -1.16. The summed E-state index contributed by atoms with van der Waals surface area (Å²) in [6, 6.07) is 3.84. The molecule has 0 aliphatic carbocycles. The molecule has 1 aliphatic rings.